The van der Waals surface area contributed by atoms with Crippen molar-refractivity contribution in [2.75, 3.05) is 19.8 Å². The van der Waals surface area contributed by atoms with E-state index >= 15 is 0 Å². The second-order valence-corrected chi connectivity index (χ2v) is 6.31. The first kappa shape index (κ1) is 11.7. The minimum absolute atomic E-state index is 0.784. The van der Waals surface area contributed by atoms with E-state index in [0.29, 0.717) is 0 Å². The highest BCUT2D eigenvalue weighted by atomic mass is 32.2. The van der Waals surface area contributed by atoms with Gasteiger partial charge in [0.1, 0.15) is 0 Å². The van der Waals surface area contributed by atoms with E-state index < -0.39 is 0 Å². The lowest BCUT2D eigenvalue weighted by atomic mass is 9.89. The normalized spacial score (nSPS) is 34.2. The van der Waals surface area contributed by atoms with Gasteiger partial charge in [-0.2, -0.15) is 11.8 Å². The maximum absolute atomic E-state index is 5.86. The van der Waals surface area contributed by atoms with Crippen molar-refractivity contribution >= 4 is 11.8 Å². The summed E-state index contributed by atoms with van der Waals surface area (Å²) in [5.41, 5.74) is 5.86. The summed E-state index contributed by atoms with van der Waals surface area (Å²) in [6, 6.07) is 0. The van der Waals surface area contributed by atoms with E-state index in [1.54, 1.807) is 0 Å². The van der Waals surface area contributed by atoms with E-state index in [0.717, 1.165) is 36.2 Å². The molecule has 2 fully saturated rings. The summed E-state index contributed by atoms with van der Waals surface area (Å²) >= 11 is 2.21. The van der Waals surface area contributed by atoms with Crippen molar-refractivity contribution in [3.63, 3.8) is 0 Å². The summed E-state index contributed by atoms with van der Waals surface area (Å²) in [7, 11) is 0. The van der Waals surface area contributed by atoms with Gasteiger partial charge >= 0.3 is 0 Å². The Morgan fingerprint density at radius 2 is 1.80 bits per heavy atom. The first-order chi connectivity index (χ1) is 7.40. The van der Waals surface area contributed by atoms with Crippen LogP contribution in [0, 0.1) is 5.92 Å². The van der Waals surface area contributed by atoms with Gasteiger partial charge in [-0.05, 0) is 38.1 Å². The standard InChI is InChI=1S/C12H23NOS/c13-9-10-3-1-2-4-12(10)15-11-5-7-14-8-6-11/h10-12H,1-9,13H2. The molecule has 2 aliphatic rings. The maximum atomic E-state index is 5.86. The molecule has 1 aliphatic carbocycles. The minimum Gasteiger partial charge on any atom is -0.381 e. The van der Waals surface area contributed by atoms with E-state index in [1.165, 1.54) is 38.5 Å². The van der Waals surface area contributed by atoms with Crippen molar-refractivity contribution < 1.29 is 4.74 Å². The van der Waals surface area contributed by atoms with Gasteiger partial charge in [0.15, 0.2) is 0 Å². The molecule has 1 heterocycles. The van der Waals surface area contributed by atoms with Gasteiger partial charge in [-0.3, -0.25) is 0 Å². The second kappa shape index (κ2) is 6.12. The van der Waals surface area contributed by atoms with Crippen LogP contribution in [0.15, 0.2) is 0 Å². The highest BCUT2D eigenvalue weighted by Gasteiger charge is 2.27. The monoisotopic (exact) mass is 229 g/mol. The summed E-state index contributed by atoms with van der Waals surface area (Å²) in [5, 5.41) is 1.68. The Bertz CT molecular complexity index is 182. The summed E-state index contributed by atoms with van der Waals surface area (Å²) in [6.45, 7) is 2.83. The van der Waals surface area contributed by atoms with Crippen LogP contribution in [0.25, 0.3) is 0 Å². The molecule has 0 spiro atoms. The van der Waals surface area contributed by atoms with Crippen LogP contribution in [0.2, 0.25) is 0 Å². The molecule has 0 aromatic carbocycles. The molecule has 0 bridgehead atoms. The molecule has 0 aromatic rings. The molecule has 1 saturated heterocycles. The highest BCUT2D eigenvalue weighted by molar-refractivity contribution is 8.00. The van der Waals surface area contributed by atoms with E-state index in [-0.39, 0.29) is 0 Å². The van der Waals surface area contributed by atoms with Crippen molar-refractivity contribution in [1.29, 1.82) is 0 Å². The molecule has 2 nitrogen and oxygen atoms in total. The van der Waals surface area contributed by atoms with Crippen LogP contribution >= 0.6 is 11.8 Å². The van der Waals surface area contributed by atoms with Crippen molar-refractivity contribution in [2.45, 2.75) is 49.0 Å². The first-order valence-corrected chi connectivity index (χ1v) is 7.27. The Hall–Kier alpha value is 0.270. The summed E-state index contributed by atoms with van der Waals surface area (Å²) in [5.74, 6) is 0.784. The van der Waals surface area contributed by atoms with Crippen LogP contribution in [0.4, 0.5) is 0 Å². The Labute approximate surface area is 97.3 Å². The molecule has 2 N–H and O–H groups in total. The molecule has 2 unspecified atom stereocenters. The lowest BCUT2D eigenvalue weighted by Gasteiger charge is -2.34. The molecule has 1 saturated carbocycles. The van der Waals surface area contributed by atoms with Gasteiger partial charge in [0.25, 0.3) is 0 Å². The van der Waals surface area contributed by atoms with Crippen molar-refractivity contribution in [1.82, 2.24) is 0 Å². The summed E-state index contributed by atoms with van der Waals surface area (Å²) < 4.78 is 5.40. The number of ether oxygens (including phenoxy) is 1. The Morgan fingerprint density at radius 1 is 1.07 bits per heavy atom. The number of rotatable bonds is 3. The average molecular weight is 229 g/mol. The molecule has 2 atom stereocenters. The predicted molar refractivity (Wildman–Crippen MR) is 66.2 cm³/mol. The van der Waals surface area contributed by atoms with Crippen LogP contribution in [0.1, 0.15) is 38.5 Å². The average Bonchev–Trinajstić information content (AvgIpc) is 2.31. The number of hydrogen-bond acceptors (Lipinski definition) is 3. The fourth-order valence-electron chi connectivity index (χ4n) is 2.68. The third kappa shape index (κ3) is 3.36. The van der Waals surface area contributed by atoms with Gasteiger partial charge in [-0.15, -0.1) is 0 Å². The van der Waals surface area contributed by atoms with Crippen molar-refractivity contribution in [2.24, 2.45) is 11.7 Å². The second-order valence-electron chi connectivity index (χ2n) is 4.77. The SMILES string of the molecule is NCC1CCCCC1SC1CCOCC1. The van der Waals surface area contributed by atoms with Gasteiger partial charge in [0.2, 0.25) is 0 Å². The zero-order valence-electron chi connectivity index (χ0n) is 9.49. The molecular formula is C12H23NOS. The van der Waals surface area contributed by atoms with E-state index in [4.69, 9.17) is 10.5 Å². The molecule has 0 amide bonds. The predicted octanol–water partition coefficient (Wildman–Crippen LogP) is 2.42. The largest absolute Gasteiger partial charge is 0.381 e. The zero-order valence-corrected chi connectivity index (χ0v) is 10.3. The summed E-state index contributed by atoms with van der Waals surface area (Å²) in [6.07, 6.45) is 8.06. The van der Waals surface area contributed by atoms with Crippen LogP contribution in [-0.4, -0.2) is 30.3 Å². The highest BCUT2D eigenvalue weighted by Crippen LogP contribution is 2.37. The molecule has 1 aliphatic heterocycles. The quantitative estimate of drug-likeness (QED) is 0.807. The molecular weight excluding hydrogens is 206 g/mol. The Kier molecular flexibility index (Phi) is 4.79. The lowest BCUT2D eigenvalue weighted by molar-refractivity contribution is 0.0998. The maximum Gasteiger partial charge on any atom is 0.0476 e. The van der Waals surface area contributed by atoms with Crippen LogP contribution in [0.3, 0.4) is 0 Å². The van der Waals surface area contributed by atoms with Crippen molar-refractivity contribution in [3.05, 3.63) is 0 Å². The molecule has 2 rings (SSSR count). The molecule has 0 aromatic heterocycles. The Balaban J connectivity index is 1.79. The lowest BCUT2D eigenvalue weighted by Crippen LogP contribution is -2.31. The zero-order chi connectivity index (χ0) is 10.5. The van der Waals surface area contributed by atoms with E-state index in [9.17, 15) is 0 Å². The van der Waals surface area contributed by atoms with E-state index in [1.807, 2.05) is 0 Å². The van der Waals surface area contributed by atoms with Gasteiger partial charge < -0.3 is 10.5 Å². The van der Waals surface area contributed by atoms with Crippen LogP contribution in [0.5, 0.6) is 0 Å². The topological polar surface area (TPSA) is 35.2 Å². The number of nitrogens with two attached hydrogens (primary N) is 1. The Morgan fingerprint density at radius 3 is 2.53 bits per heavy atom. The van der Waals surface area contributed by atoms with Crippen molar-refractivity contribution in [3.8, 4) is 0 Å². The molecule has 0 radical (unpaired) electrons. The number of thioether (sulfide) groups is 1. The van der Waals surface area contributed by atoms with Crippen LogP contribution in [-0.2, 0) is 4.74 Å². The van der Waals surface area contributed by atoms with Crippen LogP contribution < -0.4 is 5.73 Å². The van der Waals surface area contributed by atoms with Gasteiger partial charge in [0.05, 0.1) is 0 Å². The molecule has 88 valence electrons. The van der Waals surface area contributed by atoms with E-state index in [2.05, 4.69) is 11.8 Å². The first-order valence-electron chi connectivity index (χ1n) is 6.33. The van der Waals surface area contributed by atoms with Gasteiger partial charge in [-0.25, -0.2) is 0 Å². The third-order valence-electron chi connectivity index (χ3n) is 3.68. The van der Waals surface area contributed by atoms with Gasteiger partial charge in [0, 0.05) is 23.7 Å². The number of hydrogen-bond donors (Lipinski definition) is 1. The minimum atomic E-state index is 0.784. The molecule has 15 heavy (non-hydrogen) atoms. The fraction of sp³-hybridized carbons (Fsp3) is 1.00. The van der Waals surface area contributed by atoms with Gasteiger partial charge in [-0.1, -0.05) is 12.8 Å². The fourth-order valence-corrected chi connectivity index (χ4v) is 4.41. The smallest absolute Gasteiger partial charge is 0.0476 e. The molecule has 3 heteroatoms. The third-order valence-corrected chi connectivity index (χ3v) is 5.50. The summed E-state index contributed by atoms with van der Waals surface area (Å²) in [4.78, 5) is 0.